The summed E-state index contributed by atoms with van der Waals surface area (Å²) in [5.41, 5.74) is 1.71. The molecule has 2 rings (SSSR count). The van der Waals surface area contributed by atoms with Crippen LogP contribution < -0.4 is 4.74 Å². The number of methoxy groups -OCH3 is 1. The highest BCUT2D eigenvalue weighted by molar-refractivity contribution is 6.01. The number of benzene rings is 1. The van der Waals surface area contributed by atoms with Crippen molar-refractivity contribution in [3.63, 3.8) is 0 Å². The topological polar surface area (TPSA) is 52.6 Å². The summed E-state index contributed by atoms with van der Waals surface area (Å²) in [5, 5.41) is 0. The molecule has 0 saturated carbocycles. The number of esters is 1. The lowest BCUT2D eigenvalue weighted by Gasteiger charge is -2.09. The average molecular weight is 234 g/mol. The molecule has 0 bridgehead atoms. The number of Topliss-reactive ketones (excluding diaryl/α,β-unsaturated/α-hetero) is 1. The summed E-state index contributed by atoms with van der Waals surface area (Å²) in [6.07, 6.45) is 1.49. The van der Waals surface area contributed by atoms with Crippen LogP contribution in [0, 0.1) is 0 Å². The number of carbonyl (C=O) groups is 2. The first-order valence-electron chi connectivity index (χ1n) is 5.57. The molecule has 1 aromatic carbocycles. The van der Waals surface area contributed by atoms with Crippen molar-refractivity contribution in [2.75, 3.05) is 13.7 Å². The van der Waals surface area contributed by atoms with E-state index in [1.165, 1.54) is 7.11 Å². The molecule has 0 N–H and O–H groups in total. The van der Waals surface area contributed by atoms with Crippen LogP contribution in [0.4, 0.5) is 0 Å². The van der Waals surface area contributed by atoms with Gasteiger partial charge < -0.3 is 9.47 Å². The molecule has 17 heavy (non-hydrogen) atoms. The van der Waals surface area contributed by atoms with Gasteiger partial charge >= 0.3 is 5.97 Å². The Morgan fingerprint density at radius 3 is 2.94 bits per heavy atom. The van der Waals surface area contributed by atoms with Crippen LogP contribution in [0.15, 0.2) is 18.2 Å². The third-order valence-electron chi connectivity index (χ3n) is 2.83. The number of hydrogen-bond donors (Lipinski definition) is 0. The van der Waals surface area contributed by atoms with Gasteiger partial charge in [0.15, 0.2) is 5.78 Å². The number of carbonyl (C=O) groups excluding carboxylic acids is 2. The van der Waals surface area contributed by atoms with Gasteiger partial charge in [-0.3, -0.25) is 9.59 Å². The number of fused-ring (bicyclic) bond motifs is 1. The summed E-state index contributed by atoms with van der Waals surface area (Å²) in [7, 11) is 1.35. The van der Waals surface area contributed by atoms with E-state index in [2.05, 4.69) is 4.74 Å². The van der Waals surface area contributed by atoms with Crippen molar-refractivity contribution < 1.29 is 19.1 Å². The van der Waals surface area contributed by atoms with Gasteiger partial charge in [-0.2, -0.15) is 0 Å². The first-order chi connectivity index (χ1) is 8.22. The number of hydrogen-bond acceptors (Lipinski definition) is 4. The second kappa shape index (κ2) is 4.99. The molecular weight excluding hydrogens is 220 g/mol. The van der Waals surface area contributed by atoms with Crippen LogP contribution in [0.1, 0.15) is 28.8 Å². The van der Waals surface area contributed by atoms with Crippen molar-refractivity contribution in [3.8, 4) is 5.75 Å². The van der Waals surface area contributed by atoms with Crippen LogP contribution in [-0.4, -0.2) is 25.5 Å². The van der Waals surface area contributed by atoms with Crippen molar-refractivity contribution in [1.29, 1.82) is 0 Å². The van der Waals surface area contributed by atoms with Crippen molar-refractivity contribution in [2.24, 2.45) is 0 Å². The molecule has 1 aliphatic carbocycles. The molecule has 0 aliphatic heterocycles. The van der Waals surface area contributed by atoms with Gasteiger partial charge in [0.25, 0.3) is 0 Å². The Morgan fingerprint density at radius 2 is 2.18 bits per heavy atom. The van der Waals surface area contributed by atoms with E-state index in [1.54, 1.807) is 6.07 Å². The van der Waals surface area contributed by atoms with Crippen molar-refractivity contribution in [1.82, 2.24) is 0 Å². The number of ketones is 1. The van der Waals surface area contributed by atoms with E-state index in [-0.39, 0.29) is 24.8 Å². The molecule has 4 heteroatoms. The zero-order valence-corrected chi connectivity index (χ0v) is 9.69. The Labute approximate surface area is 99.5 Å². The summed E-state index contributed by atoms with van der Waals surface area (Å²) in [4.78, 5) is 22.4. The Kier molecular flexibility index (Phi) is 3.42. The quantitative estimate of drug-likeness (QED) is 0.745. The highest BCUT2D eigenvalue weighted by Gasteiger charge is 2.22. The molecule has 0 amide bonds. The molecule has 0 radical (unpaired) electrons. The molecule has 1 aliphatic rings. The highest BCUT2D eigenvalue weighted by atomic mass is 16.5. The zero-order valence-electron chi connectivity index (χ0n) is 9.69. The zero-order chi connectivity index (χ0) is 12.3. The molecule has 0 aromatic heterocycles. The fourth-order valence-electron chi connectivity index (χ4n) is 1.94. The second-order valence-electron chi connectivity index (χ2n) is 3.88. The maximum atomic E-state index is 11.5. The summed E-state index contributed by atoms with van der Waals surface area (Å²) in [6, 6.07) is 5.45. The van der Waals surface area contributed by atoms with Gasteiger partial charge in [0.1, 0.15) is 5.75 Å². The second-order valence-corrected chi connectivity index (χ2v) is 3.88. The summed E-state index contributed by atoms with van der Waals surface area (Å²) < 4.78 is 10.0. The van der Waals surface area contributed by atoms with Crippen LogP contribution in [-0.2, 0) is 16.0 Å². The Balaban J connectivity index is 2.03. The molecule has 0 saturated heterocycles. The summed E-state index contributed by atoms with van der Waals surface area (Å²) in [6.45, 7) is 0.275. The first kappa shape index (κ1) is 11.6. The minimum Gasteiger partial charge on any atom is -0.493 e. The average Bonchev–Trinajstić information content (AvgIpc) is 2.72. The molecule has 0 unspecified atom stereocenters. The van der Waals surface area contributed by atoms with Crippen LogP contribution >= 0.6 is 0 Å². The lowest BCUT2D eigenvalue weighted by Crippen LogP contribution is -2.08. The van der Waals surface area contributed by atoms with Gasteiger partial charge in [-0.25, -0.2) is 0 Å². The number of rotatable bonds is 4. The molecule has 0 fully saturated rings. The maximum absolute atomic E-state index is 11.5. The van der Waals surface area contributed by atoms with E-state index in [1.807, 2.05) is 12.1 Å². The normalized spacial score (nSPS) is 13.4. The van der Waals surface area contributed by atoms with E-state index in [0.717, 1.165) is 17.5 Å². The van der Waals surface area contributed by atoms with Crippen LogP contribution in [0.2, 0.25) is 0 Å². The molecular formula is C13H14O4. The highest BCUT2D eigenvalue weighted by Crippen LogP contribution is 2.30. The largest absolute Gasteiger partial charge is 0.493 e. The van der Waals surface area contributed by atoms with Gasteiger partial charge in [-0.05, 0) is 12.5 Å². The Bertz CT molecular complexity index is 451. The summed E-state index contributed by atoms with van der Waals surface area (Å²) >= 11 is 0. The lowest BCUT2D eigenvalue weighted by atomic mass is 10.1. The fourth-order valence-corrected chi connectivity index (χ4v) is 1.94. The molecule has 1 aromatic rings. The van der Waals surface area contributed by atoms with Crippen LogP contribution in [0.5, 0.6) is 5.75 Å². The SMILES string of the molecule is COC(=O)CCOc1cccc2c1CCC2=O. The Hall–Kier alpha value is -1.84. The van der Waals surface area contributed by atoms with Gasteiger partial charge in [-0.15, -0.1) is 0 Å². The van der Waals surface area contributed by atoms with Gasteiger partial charge in [0.2, 0.25) is 0 Å². The smallest absolute Gasteiger partial charge is 0.308 e. The lowest BCUT2D eigenvalue weighted by molar-refractivity contribution is -0.141. The predicted molar refractivity (Wildman–Crippen MR) is 61.2 cm³/mol. The molecule has 0 spiro atoms. The monoisotopic (exact) mass is 234 g/mol. The minimum absolute atomic E-state index is 0.165. The third-order valence-corrected chi connectivity index (χ3v) is 2.83. The van der Waals surface area contributed by atoms with Gasteiger partial charge in [0.05, 0.1) is 20.1 Å². The summed E-state index contributed by atoms with van der Waals surface area (Å²) in [5.74, 6) is 0.573. The van der Waals surface area contributed by atoms with Crippen LogP contribution in [0.3, 0.4) is 0 Å². The molecule has 4 nitrogen and oxygen atoms in total. The van der Waals surface area contributed by atoms with Crippen LogP contribution in [0.25, 0.3) is 0 Å². The third kappa shape index (κ3) is 2.46. The van der Waals surface area contributed by atoms with Crippen molar-refractivity contribution >= 4 is 11.8 Å². The maximum Gasteiger partial charge on any atom is 0.308 e. The molecule has 0 heterocycles. The standard InChI is InChI=1S/C13H14O4/c1-16-13(15)7-8-17-12-4-2-3-9-10(12)5-6-11(9)14/h2-4H,5-8H2,1H3. The van der Waals surface area contributed by atoms with E-state index in [0.29, 0.717) is 12.2 Å². The predicted octanol–water partition coefficient (Wildman–Crippen LogP) is 1.76. The van der Waals surface area contributed by atoms with E-state index >= 15 is 0 Å². The van der Waals surface area contributed by atoms with Crippen molar-refractivity contribution in [2.45, 2.75) is 19.3 Å². The number of ether oxygens (including phenoxy) is 2. The van der Waals surface area contributed by atoms with E-state index < -0.39 is 0 Å². The van der Waals surface area contributed by atoms with Gasteiger partial charge in [-0.1, -0.05) is 12.1 Å². The first-order valence-corrected chi connectivity index (χ1v) is 5.57. The van der Waals surface area contributed by atoms with Crippen molar-refractivity contribution in [3.05, 3.63) is 29.3 Å². The molecule has 0 atom stereocenters. The molecule has 90 valence electrons. The Morgan fingerprint density at radius 1 is 1.35 bits per heavy atom. The van der Waals surface area contributed by atoms with Gasteiger partial charge in [0, 0.05) is 17.5 Å². The van der Waals surface area contributed by atoms with E-state index in [9.17, 15) is 9.59 Å². The van der Waals surface area contributed by atoms with E-state index in [4.69, 9.17) is 4.74 Å². The fraction of sp³-hybridized carbons (Fsp3) is 0.385. The minimum atomic E-state index is -0.298.